The Balaban J connectivity index is 3.99. The van der Waals surface area contributed by atoms with Gasteiger partial charge >= 0.3 is 5.97 Å². The number of carbonyl (C=O) groups is 2. The Morgan fingerprint density at radius 2 is 1.52 bits per heavy atom. The topological polar surface area (TPSA) is 94.8 Å². The molecular formula is C20H30O5. The van der Waals surface area contributed by atoms with Crippen LogP contribution in [0, 0.1) is 0 Å². The maximum atomic E-state index is 11.5. The Kier molecular flexibility index (Phi) is 14.3. The molecule has 0 fully saturated rings. The summed E-state index contributed by atoms with van der Waals surface area (Å²) in [5.74, 6) is -0.786. The number of hydrogen-bond acceptors (Lipinski definition) is 4. The van der Waals surface area contributed by atoms with Crippen molar-refractivity contribution in [3.05, 3.63) is 48.6 Å². The lowest BCUT2D eigenvalue weighted by Crippen LogP contribution is -2.23. The fourth-order valence-corrected chi connectivity index (χ4v) is 1.99. The van der Waals surface area contributed by atoms with Crippen molar-refractivity contribution in [1.29, 1.82) is 0 Å². The van der Waals surface area contributed by atoms with E-state index in [1.807, 2.05) is 0 Å². The fourth-order valence-electron chi connectivity index (χ4n) is 1.99. The molecule has 25 heavy (non-hydrogen) atoms. The Labute approximate surface area is 150 Å². The summed E-state index contributed by atoms with van der Waals surface area (Å²) in [7, 11) is 0. The summed E-state index contributed by atoms with van der Waals surface area (Å²) in [6, 6.07) is 0. The molecular weight excluding hydrogens is 320 g/mol. The van der Waals surface area contributed by atoms with Crippen LogP contribution in [0.2, 0.25) is 0 Å². The fraction of sp³-hybridized carbons (Fsp3) is 0.500. The summed E-state index contributed by atoms with van der Waals surface area (Å²) in [4.78, 5) is 21.8. The van der Waals surface area contributed by atoms with Crippen molar-refractivity contribution >= 4 is 11.8 Å². The lowest BCUT2D eigenvalue weighted by atomic mass is 10.1. The van der Waals surface area contributed by atoms with Gasteiger partial charge in [0, 0.05) is 12.8 Å². The zero-order chi connectivity index (χ0) is 18.9. The second-order valence-electron chi connectivity index (χ2n) is 5.78. The van der Waals surface area contributed by atoms with Gasteiger partial charge < -0.3 is 15.3 Å². The molecule has 0 aliphatic carbocycles. The van der Waals surface area contributed by atoms with E-state index in [1.54, 1.807) is 42.5 Å². The standard InChI is InChI=1S/C20H30O5/c1-2-3-8-12-17(21)13-9-6-4-5-7-10-14-18(22)19(23)15-11-16-20(24)25/h4-7,9-10,13-14,18-19,22-23H,2-3,8,11-12,15-16H2,1H3,(H,24,25)/b6-4-,7-5+,13-9+,14-10+/t18-,19-/m1/s1. The molecule has 0 bridgehead atoms. The van der Waals surface area contributed by atoms with Crippen LogP contribution in [0.15, 0.2) is 48.6 Å². The van der Waals surface area contributed by atoms with Crippen LogP contribution in [-0.4, -0.2) is 39.3 Å². The first-order chi connectivity index (χ1) is 12.0. The van der Waals surface area contributed by atoms with Crippen molar-refractivity contribution < 1.29 is 24.9 Å². The van der Waals surface area contributed by atoms with Gasteiger partial charge in [-0.1, -0.05) is 62.3 Å². The first-order valence-electron chi connectivity index (χ1n) is 8.76. The van der Waals surface area contributed by atoms with Crippen molar-refractivity contribution in [2.75, 3.05) is 0 Å². The number of ketones is 1. The molecule has 2 atom stereocenters. The first kappa shape index (κ1) is 23.0. The molecule has 0 rings (SSSR count). The summed E-state index contributed by atoms with van der Waals surface area (Å²) in [6.07, 6.45) is 15.5. The molecule has 0 heterocycles. The average Bonchev–Trinajstić information content (AvgIpc) is 2.56. The number of carbonyl (C=O) groups excluding carboxylic acids is 1. The zero-order valence-electron chi connectivity index (χ0n) is 14.9. The van der Waals surface area contributed by atoms with E-state index in [-0.39, 0.29) is 18.6 Å². The van der Waals surface area contributed by atoms with Gasteiger partial charge in [0.2, 0.25) is 0 Å². The van der Waals surface area contributed by atoms with Gasteiger partial charge in [0.15, 0.2) is 5.78 Å². The highest BCUT2D eigenvalue weighted by molar-refractivity contribution is 5.89. The summed E-state index contributed by atoms with van der Waals surface area (Å²) >= 11 is 0. The molecule has 0 amide bonds. The Hall–Kier alpha value is -1.98. The lowest BCUT2D eigenvalue weighted by molar-refractivity contribution is -0.137. The number of carboxylic acid groups (broad SMARTS) is 1. The van der Waals surface area contributed by atoms with Gasteiger partial charge in [-0.2, -0.15) is 0 Å². The second kappa shape index (κ2) is 15.5. The molecule has 0 radical (unpaired) electrons. The van der Waals surface area contributed by atoms with Gasteiger partial charge in [0.25, 0.3) is 0 Å². The molecule has 0 aromatic heterocycles. The monoisotopic (exact) mass is 350 g/mol. The van der Waals surface area contributed by atoms with Crippen LogP contribution in [0.25, 0.3) is 0 Å². The SMILES string of the molecule is CCCCCC(=O)/C=C/C=C\C=C\C=C\[C@@H](O)[C@H](O)CCCC(=O)O. The van der Waals surface area contributed by atoms with Gasteiger partial charge in [-0.15, -0.1) is 0 Å². The summed E-state index contributed by atoms with van der Waals surface area (Å²) < 4.78 is 0. The number of unbranched alkanes of at least 4 members (excludes halogenated alkanes) is 2. The molecule has 0 spiro atoms. The van der Waals surface area contributed by atoms with E-state index in [4.69, 9.17) is 5.11 Å². The predicted octanol–water partition coefficient (Wildman–Crippen LogP) is 3.34. The molecule has 0 saturated heterocycles. The summed E-state index contributed by atoms with van der Waals surface area (Å²) in [5.41, 5.74) is 0. The number of aliphatic hydroxyl groups is 2. The van der Waals surface area contributed by atoms with Crippen LogP contribution in [0.3, 0.4) is 0 Å². The van der Waals surface area contributed by atoms with Crippen LogP contribution >= 0.6 is 0 Å². The van der Waals surface area contributed by atoms with Gasteiger partial charge in [-0.05, 0) is 25.3 Å². The molecule has 0 saturated carbocycles. The van der Waals surface area contributed by atoms with Gasteiger partial charge in [0.05, 0.1) is 12.2 Å². The van der Waals surface area contributed by atoms with Crippen molar-refractivity contribution in [3.8, 4) is 0 Å². The number of allylic oxidation sites excluding steroid dienone is 7. The van der Waals surface area contributed by atoms with Gasteiger partial charge in [0.1, 0.15) is 0 Å². The van der Waals surface area contributed by atoms with E-state index in [0.717, 1.165) is 19.3 Å². The highest BCUT2D eigenvalue weighted by Gasteiger charge is 2.12. The highest BCUT2D eigenvalue weighted by Crippen LogP contribution is 2.06. The molecule has 0 unspecified atom stereocenters. The van der Waals surface area contributed by atoms with E-state index >= 15 is 0 Å². The molecule has 0 aromatic rings. The number of aliphatic carboxylic acids is 1. The van der Waals surface area contributed by atoms with Gasteiger partial charge in [-0.25, -0.2) is 0 Å². The van der Waals surface area contributed by atoms with Crippen molar-refractivity contribution in [1.82, 2.24) is 0 Å². The Bertz CT molecular complexity index is 488. The molecule has 5 nitrogen and oxygen atoms in total. The van der Waals surface area contributed by atoms with Crippen LogP contribution in [0.4, 0.5) is 0 Å². The molecule has 3 N–H and O–H groups in total. The van der Waals surface area contributed by atoms with Crippen LogP contribution in [0.1, 0.15) is 51.9 Å². The molecule has 0 aliphatic rings. The third-order valence-corrected chi connectivity index (χ3v) is 3.46. The van der Waals surface area contributed by atoms with Crippen molar-refractivity contribution in [2.24, 2.45) is 0 Å². The van der Waals surface area contributed by atoms with Crippen LogP contribution in [0.5, 0.6) is 0 Å². The third-order valence-electron chi connectivity index (χ3n) is 3.46. The molecule has 0 aliphatic heterocycles. The molecule has 140 valence electrons. The number of rotatable bonds is 14. The van der Waals surface area contributed by atoms with E-state index in [1.165, 1.54) is 6.08 Å². The number of aliphatic hydroxyl groups excluding tert-OH is 2. The quantitative estimate of drug-likeness (QED) is 0.254. The summed E-state index contributed by atoms with van der Waals surface area (Å²) in [5, 5.41) is 27.9. The maximum absolute atomic E-state index is 11.5. The predicted molar refractivity (Wildman–Crippen MR) is 99.2 cm³/mol. The second-order valence-corrected chi connectivity index (χ2v) is 5.78. The Morgan fingerprint density at radius 3 is 2.16 bits per heavy atom. The summed E-state index contributed by atoms with van der Waals surface area (Å²) in [6.45, 7) is 2.10. The van der Waals surface area contributed by atoms with Crippen LogP contribution in [-0.2, 0) is 9.59 Å². The molecule has 5 heteroatoms. The van der Waals surface area contributed by atoms with Crippen molar-refractivity contribution in [2.45, 2.75) is 64.1 Å². The average molecular weight is 350 g/mol. The number of carboxylic acids is 1. The minimum Gasteiger partial charge on any atom is -0.481 e. The zero-order valence-corrected chi connectivity index (χ0v) is 14.9. The van der Waals surface area contributed by atoms with E-state index < -0.39 is 18.2 Å². The van der Waals surface area contributed by atoms with Gasteiger partial charge in [-0.3, -0.25) is 9.59 Å². The highest BCUT2D eigenvalue weighted by atomic mass is 16.4. The maximum Gasteiger partial charge on any atom is 0.303 e. The van der Waals surface area contributed by atoms with Crippen LogP contribution < -0.4 is 0 Å². The molecule has 0 aromatic carbocycles. The minimum absolute atomic E-state index is 0.0210. The first-order valence-corrected chi connectivity index (χ1v) is 8.76. The third kappa shape index (κ3) is 15.3. The largest absolute Gasteiger partial charge is 0.481 e. The van der Waals surface area contributed by atoms with E-state index in [2.05, 4.69) is 6.92 Å². The van der Waals surface area contributed by atoms with E-state index in [0.29, 0.717) is 12.8 Å². The van der Waals surface area contributed by atoms with E-state index in [9.17, 15) is 19.8 Å². The lowest BCUT2D eigenvalue weighted by Gasteiger charge is -2.13. The normalized spacial score (nSPS) is 14.8. The Morgan fingerprint density at radius 1 is 0.880 bits per heavy atom. The smallest absolute Gasteiger partial charge is 0.303 e. The number of hydrogen-bond donors (Lipinski definition) is 3. The minimum atomic E-state index is -1.02. The van der Waals surface area contributed by atoms with Crippen molar-refractivity contribution in [3.63, 3.8) is 0 Å².